The molecule has 10 heteroatoms. The molecule has 5 aromatic rings. The Hall–Kier alpha value is -4.62. The van der Waals surface area contributed by atoms with Gasteiger partial charge in [-0.1, -0.05) is 44.5 Å². The minimum Gasteiger partial charge on any atom is -0.466 e. The van der Waals surface area contributed by atoms with E-state index in [0.717, 1.165) is 46.4 Å². The van der Waals surface area contributed by atoms with Gasteiger partial charge in [-0.15, -0.1) is 0 Å². The van der Waals surface area contributed by atoms with Crippen LogP contribution in [0.15, 0.2) is 67.0 Å². The number of H-pyrrole nitrogens is 1. The third-order valence-electron chi connectivity index (χ3n) is 9.05. The van der Waals surface area contributed by atoms with Crippen molar-refractivity contribution in [3.8, 4) is 22.8 Å². The number of nitrogens with zero attached hydrogens (tertiary/aromatic N) is 3. The predicted molar refractivity (Wildman–Crippen MR) is 190 cm³/mol. The smallest absolute Gasteiger partial charge is 0.306 e. The first kappa shape index (κ1) is 34.3. The van der Waals surface area contributed by atoms with Gasteiger partial charge >= 0.3 is 5.97 Å². The number of aromatic amines is 1. The molecule has 1 aliphatic heterocycles. The van der Waals surface area contributed by atoms with E-state index in [-0.39, 0.29) is 46.6 Å². The second-order valence-corrected chi connectivity index (χ2v) is 14.3. The van der Waals surface area contributed by atoms with Crippen molar-refractivity contribution in [2.75, 3.05) is 18.1 Å². The van der Waals surface area contributed by atoms with Crippen LogP contribution in [0.3, 0.4) is 0 Å². The number of aromatic nitrogens is 3. The number of carbonyl (C=O) groups is 1. The van der Waals surface area contributed by atoms with Crippen LogP contribution in [0, 0.1) is 23.6 Å². The molecule has 2 aromatic heterocycles. The van der Waals surface area contributed by atoms with Gasteiger partial charge in [0.15, 0.2) is 11.6 Å². The maximum atomic E-state index is 15.9. The number of esters is 1. The number of hydrogen-bond donors (Lipinski definition) is 1. The molecule has 3 aromatic carbocycles. The van der Waals surface area contributed by atoms with E-state index in [0.29, 0.717) is 37.1 Å². The summed E-state index contributed by atoms with van der Waals surface area (Å²) in [5, 5.41) is 5.58. The van der Waals surface area contributed by atoms with Gasteiger partial charge < -0.3 is 14.5 Å². The summed E-state index contributed by atoms with van der Waals surface area (Å²) in [4.78, 5) is 19.0. The van der Waals surface area contributed by atoms with Crippen molar-refractivity contribution >= 4 is 34.3 Å². The number of nitrogens with one attached hydrogen (secondary N) is 1. The maximum absolute atomic E-state index is 15.9. The average Bonchev–Trinajstić information content (AvgIpc) is 3.73. The molecule has 7 nitrogen and oxygen atoms in total. The minimum atomic E-state index is -0.543. The highest BCUT2D eigenvalue weighted by Crippen LogP contribution is 2.42. The number of fused-ring (bicyclic) bond motifs is 7. The van der Waals surface area contributed by atoms with E-state index in [1.54, 1.807) is 17.8 Å². The Morgan fingerprint density at radius 1 is 1.18 bits per heavy atom. The highest BCUT2D eigenvalue weighted by atomic mass is 32.2. The van der Waals surface area contributed by atoms with E-state index in [4.69, 9.17) is 21.1 Å². The molecule has 1 N–H and O–H groups in total. The average molecular weight is 683 g/mol. The first-order valence-electron chi connectivity index (χ1n) is 16.7. The molecule has 0 saturated heterocycles. The van der Waals surface area contributed by atoms with E-state index >= 15 is 8.78 Å². The highest BCUT2D eigenvalue weighted by Gasteiger charge is 2.27. The third-order valence-corrected chi connectivity index (χ3v) is 10.5. The summed E-state index contributed by atoms with van der Waals surface area (Å²) in [7, 11) is 0. The number of aryl methyl sites for hydroxylation is 2. The Labute approximate surface area is 289 Å². The summed E-state index contributed by atoms with van der Waals surface area (Å²) in [5.41, 5.74) is 4.08. The molecule has 0 fully saturated rings. The van der Waals surface area contributed by atoms with Crippen LogP contribution >= 0.6 is 11.8 Å². The number of hydrogen-bond acceptors (Lipinski definition) is 5. The molecule has 2 bridgehead atoms. The lowest BCUT2D eigenvalue weighted by atomic mass is 9.87. The quantitative estimate of drug-likeness (QED) is 0.148. The molecular weight excluding hydrogens is 643 g/mol. The molecule has 49 heavy (non-hydrogen) atoms. The van der Waals surface area contributed by atoms with Crippen LogP contribution in [0.4, 0.5) is 14.5 Å². The van der Waals surface area contributed by atoms with Crippen LogP contribution in [-0.2, 0) is 22.4 Å². The molecule has 0 amide bonds. The van der Waals surface area contributed by atoms with Crippen molar-refractivity contribution in [1.82, 2.24) is 14.8 Å². The van der Waals surface area contributed by atoms with Gasteiger partial charge in [0.1, 0.15) is 11.6 Å². The lowest BCUT2D eigenvalue weighted by Gasteiger charge is -2.27. The van der Waals surface area contributed by atoms with Crippen molar-refractivity contribution in [3.63, 3.8) is 0 Å². The summed E-state index contributed by atoms with van der Waals surface area (Å²) < 4.78 is 44.7. The van der Waals surface area contributed by atoms with Crippen molar-refractivity contribution in [2.24, 2.45) is 5.41 Å². The Morgan fingerprint density at radius 2 is 2.04 bits per heavy atom. The minimum absolute atomic E-state index is 0.0166. The lowest BCUT2D eigenvalue weighted by Crippen LogP contribution is -2.18. The summed E-state index contributed by atoms with van der Waals surface area (Å²) in [6.45, 7) is 14.6. The van der Waals surface area contributed by atoms with Gasteiger partial charge in [0.2, 0.25) is 5.69 Å². The second-order valence-electron chi connectivity index (χ2n) is 13.2. The van der Waals surface area contributed by atoms with Gasteiger partial charge in [0.25, 0.3) is 0 Å². The number of benzene rings is 3. The first-order chi connectivity index (χ1) is 23.7. The molecule has 254 valence electrons. The molecule has 1 unspecified atom stereocenters. The normalized spacial score (nSPS) is 16.5. The molecular formula is C39H40F2N4O3S. The van der Waals surface area contributed by atoms with E-state index < -0.39 is 11.6 Å². The molecule has 0 saturated carbocycles. The van der Waals surface area contributed by atoms with Crippen LogP contribution in [0.1, 0.15) is 69.2 Å². The molecule has 1 atom stereocenters. The van der Waals surface area contributed by atoms with Crippen LogP contribution in [-0.4, -0.2) is 38.8 Å². The number of rotatable bonds is 5. The fourth-order valence-corrected chi connectivity index (χ4v) is 7.81. The maximum Gasteiger partial charge on any atom is 0.306 e. The Morgan fingerprint density at radius 3 is 2.86 bits per heavy atom. The largest absolute Gasteiger partial charge is 0.466 e. The standard InChI is InChI=1S/C39H40F2N4O3S/c1-5-47-36(46)14-11-25-8-6-9-26(20-25)35-10-7-17-39(2,3)24-49-19-16-29-28-15-18-43-33(28)22-32(41)38(29)48-27-12-13-31(40)30(21-27)37-34(42-4)23-44-45(35)37/h6,8-9,12-13,15,18,20-23,35,43H,5,7,10-11,14,16-17,19,24H2,1-3H3. The van der Waals surface area contributed by atoms with Crippen molar-refractivity contribution in [2.45, 2.75) is 65.3 Å². The predicted octanol–water partition coefficient (Wildman–Crippen LogP) is 10.2. The molecule has 0 aliphatic carbocycles. The number of ether oxygens (including phenoxy) is 2. The first-order valence-corrected chi connectivity index (χ1v) is 17.9. The van der Waals surface area contributed by atoms with E-state index in [2.05, 4.69) is 29.7 Å². The van der Waals surface area contributed by atoms with Crippen molar-refractivity contribution in [3.05, 3.63) is 107 Å². The van der Waals surface area contributed by atoms with Crippen molar-refractivity contribution < 1.29 is 23.0 Å². The summed E-state index contributed by atoms with van der Waals surface area (Å²) >= 11 is 1.84. The Balaban J connectivity index is 1.47. The topological polar surface area (TPSA) is 73.5 Å². The van der Waals surface area contributed by atoms with Crippen LogP contribution in [0.25, 0.3) is 27.0 Å². The van der Waals surface area contributed by atoms with E-state index in [1.165, 1.54) is 30.5 Å². The summed E-state index contributed by atoms with van der Waals surface area (Å²) in [5.74, 6) is 0.775. The van der Waals surface area contributed by atoms with E-state index in [9.17, 15) is 4.79 Å². The molecule has 1 aliphatic rings. The summed E-state index contributed by atoms with van der Waals surface area (Å²) in [6.07, 6.45) is 7.14. The van der Waals surface area contributed by atoms with Crippen molar-refractivity contribution in [1.29, 1.82) is 0 Å². The Kier molecular flexibility index (Phi) is 10.4. The SMILES string of the molecule is [C-]#[N+]c1cnn2c1-c1cc(ccc1F)Oc1c(F)cc3[nH]ccc3c1CCSCC(C)(C)CCCC2c1cccc(CCC(=O)OCC)c1. The zero-order valence-electron chi connectivity index (χ0n) is 28.0. The van der Waals surface area contributed by atoms with E-state index in [1.807, 2.05) is 36.0 Å². The van der Waals surface area contributed by atoms with Gasteiger partial charge in [-0.05, 0) is 84.9 Å². The molecule has 0 spiro atoms. The van der Waals surface area contributed by atoms with Gasteiger partial charge in [-0.3, -0.25) is 9.48 Å². The van der Waals surface area contributed by atoms with Crippen LogP contribution in [0.5, 0.6) is 11.5 Å². The van der Waals surface area contributed by atoms with Crippen LogP contribution < -0.4 is 4.74 Å². The van der Waals surface area contributed by atoms with Crippen LogP contribution in [0.2, 0.25) is 0 Å². The Bertz CT molecular complexity index is 2010. The van der Waals surface area contributed by atoms with Gasteiger partial charge in [-0.2, -0.15) is 16.9 Å². The number of thioether (sulfide) groups is 1. The fourth-order valence-electron chi connectivity index (χ4n) is 6.62. The molecule has 6 rings (SSSR count). The number of carbonyl (C=O) groups excluding carboxylic acids is 1. The zero-order chi connectivity index (χ0) is 34.5. The molecule has 0 radical (unpaired) electrons. The fraction of sp³-hybridized carbons (Fsp3) is 0.359. The number of halogens is 2. The van der Waals surface area contributed by atoms with Gasteiger partial charge in [-0.25, -0.2) is 13.6 Å². The lowest BCUT2D eigenvalue weighted by molar-refractivity contribution is -0.143. The van der Waals surface area contributed by atoms with Gasteiger partial charge in [0, 0.05) is 40.7 Å². The monoisotopic (exact) mass is 682 g/mol. The highest BCUT2D eigenvalue weighted by molar-refractivity contribution is 7.99. The summed E-state index contributed by atoms with van der Waals surface area (Å²) in [6, 6.07) is 15.4. The molecule has 3 heterocycles. The zero-order valence-corrected chi connectivity index (χ0v) is 28.8. The third kappa shape index (κ3) is 7.67. The second kappa shape index (κ2) is 14.9. The van der Waals surface area contributed by atoms with Gasteiger partial charge in [0.05, 0.1) is 31.1 Å².